The van der Waals surface area contributed by atoms with Crippen LogP contribution in [0, 0.1) is 0 Å². The summed E-state index contributed by atoms with van der Waals surface area (Å²) in [5.74, 6) is 1.88. The first-order valence-electron chi connectivity index (χ1n) is 9.75. The fourth-order valence-corrected chi connectivity index (χ4v) is 4.18. The largest absolute Gasteiger partial charge is 0.381 e. The molecule has 3 heterocycles. The lowest BCUT2D eigenvalue weighted by molar-refractivity contribution is -0.0164. The van der Waals surface area contributed by atoms with Crippen LogP contribution < -0.4 is 0 Å². The molecule has 144 valence electrons. The van der Waals surface area contributed by atoms with Gasteiger partial charge in [-0.05, 0) is 52.9 Å². The normalized spacial score (nSPS) is 17.3. The van der Waals surface area contributed by atoms with Gasteiger partial charge in [-0.1, -0.05) is 12.1 Å². The summed E-state index contributed by atoms with van der Waals surface area (Å²) in [5, 5.41) is 0. The molecule has 2 aromatic heterocycles. The van der Waals surface area contributed by atoms with E-state index in [2.05, 4.69) is 66.4 Å². The molecule has 1 aliphatic heterocycles. The van der Waals surface area contributed by atoms with Crippen LogP contribution in [0.2, 0.25) is 0 Å². The molecular formula is C21H29N5O. The molecular weight excluding hydrogens is 338 g/mol. The first kappa shape index (κ1) is 18.2. The molecule has 27 heavy (non-hydrogen) atoms. The third kappa shape index (κ3) is 3.17. The monoisotopic (exact) mass is 367 g/mol. The number of likely N-dealkylation sites (N-methyl/N-ethyl adjacent to an activating group) is 1. The smallest absolute Gasteiger partial charge is 0.177 e. The van der Waals surface area contributed by atoms with E-state index >= 15 is 0 Å². The van der Waals surface area contributed by atoms with Gasteiger partial charge in [0.25, 0.3) is 0 Å². The van der Waals surface area contributed by atoms with Crippen molar-refractivity contribution in [2.75, 3.05) is 27.3 Å². The molecule has 6 nitrogen and oxygen atoms in total. The van der Waals surface area contributed by atoms with E-state index in [4.69, 9.17) is 14.7 Å². The summed E-state index contributed by atoms with van der Waals surface area (Å²) in [7, 11) is 4.34. The number of rotatable bonds is 5. The maximum Gasteiger partial charge on any atom is 0.177 e. The van der Waals surface area contributed by atoms with E-state index in [0.717, 1.165) is 55.3 Å². The van der Waals surface area contributed by atoms with Gasteiger partial charge in [-0.3, -0.25) is 0 Å². The van der Waals surface area contributed by atoms with Crippen LogP contribution in [0.5, 0.6) is 0 Å². The van der Waals surface area contributed by atoms with Gasteiger partial charge in [0, 0.05) is 43.7 Å². The highest BCUT2D eigenvalue weighted by molar-refractivity contribution is 5.79. The molecule has 0 saturated carbocycles. The average Bonchev–Trinajstić information content (AvgIpc) is 3.26. The van der Waals surface area contributed by atoms with Gasteiger partial charge in [0.15, 0.2) is 11.6 Å². The van der Waals surface area contributed by atoms with Crippen molar-refractivity contribution in [1.82, 2.24) is 24.0 Å². The van der Waals surface area contributed by atoms with Gasteiger partial charge in [-0.25, -0.2) is 9.97 Å². The van der Waals surface area contributed by atoms with Crippen molar-refractivity contribution < 1.29 is 4.74 Å². The molecule has 1 fully saturated rings. The summed E-state index contributed by atoms with van der Waals surface area (Å²) in [6, 6.07) is 8.63. The van der Waals surface area contributed by atoms with E-state index < -0.39 is 0 Å². The molecule has 0 unspecified atom stereocenters. The SMILES string of the molecule is CC(C)n1c(-c2nccn2CC2(N(C)C)CCOCC2)nc2ccccc21. The molecule has 0 aliphatic carbocycles. The summed E-state index contributed by atoms with van der Waals surface area (Å²) in [4.78, 5) is 12.0. The fourth-order valence-electron chi connectivity index (χ4n) is 4.18. The molecule has 6 heteroatoms. The highest BCUT2D eigenvalue weighted by Crippen LogP contribution is 2.32. The molecule has 4 rings (SSSR count). The van der Waals surface area contributed by atoms with Gasteiger partial charge in [0.2, 0.25) is 0 Å². The van der Waals surface area contributed by atoms with Crippen molar-refractivity contribution in [2.24, 2.45) is 0 Å². The van der Waals surface area contributed by atoms with Crippen LogP contribution in [-0.2, 0) is 11.3 Å². The molecule has 0 N–H and O–H groups in total. The number of nitrogens with zero attached hydrogens (tertiary/aromatic N) is 5. The Labute approximate surface area is 160 Å². The fraction of sp³-hybridized carbons (Fsp3) is 0.524. The van der Waals surface area contributed by atoms with Crippen LogP contribution in [0.3, 0.4) is 0 Å². The summed E-state index contributed by atoms with van der Waals surface area (Å²) in [6.07, 6.45) is 6.03. The Morgan fingerprint density at radius 3 is 2.59 bits per heavy atom. The van der Waals surface area contributed by atoms with E-state index in [-0.39, 0.29) is 5.54 Å². The molecule has 3 aromatic rings. The van der Waals surface area contributed by atoms with Gasteiger partial charge in [0.05, 0.1) is 11.0 Å². The average molecular weight is 367 g/mol. The second kappa shape index (κ2) is 7.09. The van der Waals surface area contributed by atoms with Gasteiger partial charge >= 0.3 is 0 Å². The van der Waals surface area contributed by atoms with E-state index in [1.165, 1.54) is 0 Å². The van der Waals surface area contributed by atoms with Crippen molar-refractivity contribution in [1.29, 1.82) is 0 Å². The van der Waals surface area contributed by atoms with Crippen LogP contribution >= 0.6 is 0 Å². The zero-order valence-electron chi connectivity index (χ0n) is 16.7. The quantitative estimate of drug-likeness (QED) is 0.691. The number of ether oxygens (including phenoxy) is 1. The van der Waals surface area contributed by atoms with Crippen LogP contribution in [0.25, 0.3) is 22.7 Å². The summed E-state index contributed by atoms with van der Waals surface area (Å²) < 4.78 is 10.2. The number of para-hydroxylation sites is 2. The Bertz CT molecular complexity index is 918. The number of aromatic nitrogens is 4. The molecule has 0 amide bonds. The Kier molecular flexibility index (Phi) is 4.78. The minimum atomic E-state index is 0.0857. The lowest BCUT2D eigenvalue weighted by atomic mass is 9.88. The van der Waals surface area contributed by atoms with E-state index in [1.54, 1.807) is 0 Å². The van der Waals surface area contributed by atoms with Crippen molar-refractivity contribution in [3.05, 3.63) is 36.7 Å². The zero-order chi connectivity index (χ0) is 19.0. The highest BCUT2D eigenvalue weighted by Gasteiger charge is 2.36. The van der Waals surface area contributed by atoms with Crippen molar-refractivity contribution in [3.8, 4) is 11.6 Å². The lowest BCUT2D eigenvalue weighted by Gasteiger charge is -2.43. The number of benzene rings is 1. The summed E-state index contributed by atoms with van der Waals surface area (Å²) >= 11 is 0. The van der Waals surface area contributed by atoms with Crippen LogP contribution in [0.1, 0.15) is 32.7 Å². The second-order valence-electron chi connectivity index (χ2n) is 8.00. The number of imidazole rings is 2. The number of fused-ring (bicyclic) bond motifs is 1. The molecule has 1 aromatic carbocycles. The molecule has 1 aliphatic rings. The minimum absolute atomic E-state index is 0.0857. The first-order chi connectivity index (χ1) is 13.0. The molecule has 0 radical (unpaired) electrons. The Balaban J connectivity index is 1.79. The Morgan fingerprint density at radius 1 is 1.15 bits per heavy atom. The molecule has 1 saturated heterocycles. The minimum Gasteiger partial charge on any atom is -0.381 e. The van der Waals surface area contributed by atoms with Gasteiger partial charge in [-0.2, -0.15) is 0 Å². The summed E-state index contributed by atoms with van der Waals surface area (Å²) in [5.41, 5.74) is 2.26. The van der Waals surface area contributed by atoms with E-state index in [9.17, 15) is 0 Å². The predicted octanol–water partition coefficient (Wildman–Crippen LogP) is 3.59. The lowest BCUT2D eigenvalue weighted by Crippen LogP contribution is -2.51. The molecule has 0 spiro atoms. The molecule has 0 bridgehead atoms. The third-order valence-corrected chi connectivity index (χ3v) is 5.86. The zero-order valence-corrected chi connectivity index (χ0v) is 16.7. The standard InChI is InChI=1S/C21H29N5O/c1-16(2)26-18-8-6-5-7-17(18)23-20(26)19-22-11-12-25(19)15-21(24(3)4)9-13-27-14-10-21/h5-8,11-12,16H,9-10,13-15H2,1-4H3. The third-order valence-electron chi connectivity index (χ3n) is 5.86. The number of hydrogen-bond acceptors (Lipinski definition) is 4. The predicted molar refractivity (Wildman–Crippen MR) is 108 cm³/mol. The van der Waals surface area contributed by atoms with Crippen molar-refractivity contribution in [3.63, 3.8) is 0 Å². The van der Waals surface area contributed by atoms with E-state index in [0.29, 0.717) is 6.04 Å². The Hall–Kier alpha value is -2.18. The van der Waals surface area contributed by atoms with Crippen LogP contribution in [0.4, 0.5) is 0 Å². The maximum atomic E-state index is 5.63. The number of hydrogen-bond donors (Lipinski definition) is 0. The second-order valence-corrected chi connectivity index (χ2v) is 8.00. The van der Waals surface area contributed by atoms with Crippen LogP contribution in [-0.4, -0.2) is 56.9 Å². The van der Waals surface area contributed by atoms with E-state index in [1.807, 2.05) is 12.3 Å². The Morgan fingerprint density at radius 2 is 1.89 bits per heavy atom. The molecule has 0 atom stereocenters. The highest BCUT2D eigenvalue weighted by atomic mass is 16.5. The first-order valence-corrected chi connectivity index (χ1v) is 9.75. The van der Waals surface area contributed by atoms with Gasteiger partial charge < -0.3 is 18.8 Å². The topological polar surface area (TPSA) is 48.1 Å². The van der Waals surface area contributed by atoms with Crippen molar-refractivity contribution in [2.45, 2.75) is 44.8 Å². The van der Waals surface area contributed by atoms with Gasteiger partial charge in [-0.15, -0.1) is 0 Å². The van der Waals surface area contributed by atoms with Gasteiger partial charge in [0.1, 0.15) is 0 Å². The maximum absolute atomic E-state index is 5.63. The van der Waals surface area contributed by atoms with Crippen LogP contribution in [0.15, 0.2) is 36.7 Å². The summed E-state index contributed by atoms with van der Waals surface area (Å²) in [6.45, 7) is 6.91. The van der Waals surface area contributed by atoms with Crippen molar-refractivity contribution >= 4 is 11.0 Å².